The van der Waals surface area contributed by atoms with Gasteiger partial charge in [0, 0.05) is 47.1 Å². The van der Waals surface area contributed by atoms with Gasteiger partial charge in [-0.05, 0) is 31.2 Å². The summed E-state index contributed by atoms with van der Waals surface area (Å²) in [6, 6.07) is 6.55. The fourth-order valence-corrected chi connectivity index (χ4v) is 4.97. The van der Waals surface area contributed by atoms with E-state index in [0.717, 1.165) is 6.33 Å². The predicted octanol–water partition coefficient (Wildman–Crippen LogP) is -0.417. The third-order valence-corrected chi connectivity index (χ3v) is 7.39. The number of aryl methyl sites for hydroxylation is 1. The summed E-state index contributed by atoms with van der Waals surface area (Å²) in [4.78, 5) is 17.2. The lowest BCUT2D eigenvalue weighted by molar-refractivity contribution is -0.503. The molecule has 5 rings (SSSR count). The number of rotatable bonds is 5. The van der Waals surface area contributed by atoms with E-state index in [1.54, 1.807) is 34.6 Å². The minimum Gasteiger partial charge on any atom is -0.496 e. The molecule has 41 heavy (non-hydrogen) atoms. The Balaban J connectivity index is 1.64. The Morgan fingerprint density at radius 3 is 2.41 bits per heavy atom. The van der Waals surface area contributed by atoms with Crippen molar-refractivity contribution in [1.29, 1.82) is 0 Å². The molecule has 0 amide bonds. The Bertz CT molecular complexity index is 1630. The monoisotopic (exact) mass is 583 g/mol. The lowest BCUT2D eigenvalue weighted by atomic mass is 9.87. The molecule has 1 aliphatic heterocycles. The van der Waals surface area contributed by atoms with Crippen LogP contribution in [0.4, 0.5) is 10.1 Å². The van der Waals surface area contributed by atoms with Crippen LogP contribution in [-0.2, 0) is 11.2 Å². The quantitative estimate of drug-likeness (QED) is 0.101. The second-order valence-corrected chi connectivity index (χ2v) is 10.2. The molecule has 1 aliphatic rings. The molecule has 2 aromatic heterocycles. The number of halogens is 1. The summed E-state index contributed by atoms with van der Waals surface area (Å²) in [7, 11) is 8.38. The summed E-state index contributed by atoms with van der Waals surface area (Å²) in [6.07, 6.45) is 4.54. The molecule has 2 aromatic carbocycles. The molecule has 3 atom stereocenters. The molecule has 1 fully saturated rings. The van der Waals surface area contributed by atoms with Gasteiger partial charge in [-0.2, -0.15) is 0 Å². The molecule has 0 bridgehead atoms. The molecule has 0 spiro atoms. The largest absolute Gasteiger partial charge is 0.496 e. The van der Waals surface area contributed by atoms with Crippen molar-refractivity contribution in [3.63, 3.8) is 0 Å². The van der Waals surface area contributed by atoms with Crippen molar-refractivity contribution in [2.45, 2.75) is 36.4 Å². The van der Waals surface area contributed by atoms with Crippen molar-refractivity contribution in [3.05, 3.63) is 71.8 Å². The van der Waals surface area contributed by atoms with Gasteiger partial charge in [0.15, 0.2) is 13.5 Å². The van der Waals surface area contributed by atoms with Crippen molar-refractivity contribution in [1.82, 2.24) is 19.9 Å². The van der Waals surface area contributed by atoms with E-state index in [1.807, 2.05) is 0 Å². The van der Waals surface area contributed by atoms with Gasteiger partial charge in [0.2, 0.25) is 5.47 Å². The smallest absolute Gasteiger partial charge is 0.334 e. The third-order valence-electron chi connectivity index (χ3n) is 6.75. The number of hydrogen-bond acceptors (Lipinski definition) is 13. The number of nitrogens with zero attached hydrogens (tertiary/aromatic N) is 5. The van der Waals surface area contributed by atoms with Crippen LogP contribution in [0.5, 0.6) is 5.75 Å². The van der Waals surface area contributed by atoms with Crippen molar-refractivity contribution in [3.8, 4) is 17.0 Å². The highest BCUT2D eigenvalue weighted by atomic mass is 31.0. The van der Waals surface area contributed by atoms with Gasteiger partial charge in [-0.25, -0.2) is 14.4 Å². The number of fused-ring (bicyclic) bond motifs is 1. The lowest BCUT2D eigenvalue weighted by Gasteiger charge is -2.59. The summed E-state index contributed by atoms with van der Waals surface area (Å²) < 4.78 is 25.1. The molecular weight excluding hydrogens is 559 g/mol. The average molecular weight is 583 g/mol. The fraction of sp³-hybridized carbons (Fsp3) is 0.280. The van der Waals surface area contributed by atoms with Crippen LogP contribution in [0.15, 0.2) is 49.1 Å². The maximum atomic E-state index is 15.4. The van der Waals surface area contributed by atoms with Gasteiger partial charge >= 0.3 is 5.97 Å². The minimum absolute atomic E-state index is 0.0937. The maximum Gasteiger partial charge on any atom is 0.334 e. The zero-order valence-electron chi connectivity index (χ0n) is 21.6. The minimum atomic E-state index is -3.61. The summed E-state index contributed by atoms with van der Waals surface area (Å²) >= 11 is 0. The Labute approximate surface area is 235 Å². The van der Waals surface area contributed by atoms with E-state index in [4.69, 9.17) is 12.6 Å². The molecule has 16 heteroatoms. The third kappa shape index (κ3) is 4.70. The normalized spacial score (nSPS) is 23.5. The number of aromatic nitrogens is 4. The number of morpholine rings is 1. The highest BCUT2D eigenvalue weighted by Gasteiger charge is 2.70. The molecule has 13 nitrogen and oxygen atoms in total. The molecule has 2 radical (unpaired) electrons. The topological polar surface area (TPSA) is 195 Å². The molecule has 1 saturated heterocycles. The SMILES string of the molecule is [B]C1(O)OC(O)(O)C(O)(P)N(c2ccc3c(-c4cc(Cc5nccnc5C)c(OC)cc4F)ncnc3c2)C1(O)O. The number of hydrogen-bond donors (Lipinski definition) is 6. The summed E-state index contributed by atoms with van der Waals surface area (Å²) in [5.41, 5.74) is -4.52. The van der Waals surface area contributed by atoms with E-state index in [-0.39, 0.29) is 39.5 Å². The number of anilines is 1. The van der Waals surface area contributed by atoms with E-state index in [0.29, 0.717) is 22.3 Å². The van der Waals surface area contributed by atoms with Gasteiger partial charge in [0.25, 0.3) is 5.91 Å². The van der Waals surface area contributed by atoms with Gasteiger partial charge in [0.05, 0.1) is 29.7 Å². The van der Waals surface area contributed by atoms with E-state index in [9.17, 15) is 30.6 Å². The molecule has 0 saturated carbocycles. The lowest BCUT2D eigenvalue weighted by Crippen LogP contribution is -2.83. The Morgan fingerprint density at radius 2 is 1.73 bits per heavy atom. The number of ether oxygens (including phenoxy) is 2. The molecular formula is C25H24BFN5O8P. The highest BCUT2D eigenvalue weighted by Crippen LogP contribution is 2.48. The Kier molecular flexibility index (Phi) is 7.00. The predicted molar refractivity (Wildman–Crippen MR) is 144 cm³/mol. The van der Waals surface area contributed by atoms with Crippen molar-refractivity contribution in [2.24, 2.45) is 0 Å². The molecule has 212 valence electrons. The molecule has 0 aliphatic carbocycles. The van der Waals surface area contributed by atoms with E-state index < -0.39 is 28.9 Å². The summed E-state index contributed by atoms with van der Waals surface area (Å²) in [5, 5.41) is 63.0. The number of benzene rings is 2. The first-order valence-corrected chi connectivity index (χ1v) is 12.5. The van der Waals surface area contributed by atoms with Crippen LogP contribution in [0.25, 0.3) is 22.2 Å². The van der Waals surface area contributed by atoms with E-state index in [1.165, 1.54) is 31.4 Å². The molecule has 3 unspecified atom stereocenters. The van der Waals surface area contributed by atoms with Crippen LogP contribution in [-0.4, -0.2) is 88.6 Å². The van der Waals surface area contributed by atoms with Crippen molar-refractivity contribution in [2.75, 3.05) is 12.0 Å². The standard InChI is InChI=1S/C25H24BFN5O8P/c1-12-18(29-6-5-28-12)8-13-7-16(17(27)10-20(13)39-2)21-15-4-3-14(9-19(15)30-11-31-21)32-23(34,35)22(26,33)40-25(37,38)24(32,36)41/h3-7,9-11,33-38H,8,41H2,1-2H3. The van der Waals surface area contributed by atoms with E-state index >= 15 is 4.39 Å². The van der Waals surface area contributed by atoms with Crippen LogP contribution in [0.3, 0.4) is 0 Å². The summed E-state index contributed by atoms with van der Waals surface area (Å²) in [6.45, 7) is 1.80. The molecule has 4 aromatic rings. The second-order valence-electron chi connectivity index (χ2n) is 9.44. The Morgan fingerprint density at radius 1 is 1.02 bits per heavy atom. The Hall–Kier alpha value is -3.40. The summed E-state index contributed by atoms with van der Waals surface area (Å²) in [5.74, 6) is -7.57. The van der Waals surface area contributed by atoms with Gasteiger partial charge in [-0.15, -0.1) is 0 Å². The van der Waals surface area contributed by atoms with Crippen LogP contribution >= 0.6 is 9.24 Å². The van der Waals surface area contributed by atoms with Gasteiger partial charge in [0.1, 0.15) is 17.9 Å². The van der Waals surface area contributed by atoms with Gasteiger partial charge in [-0.1, -0.05) is 9.24 Å². The first kappa shape index (κ1) is 29.1. The van der Waals surface area contributed by atoms with Crippen LogP contribution < -0.4 is 9.64 Å². The molecule has 6 N–H and O–H groups in total. The van der Waals surface area contributed by atoms with Gasteiger partial charge in [-0.3, -0.25) is 19.6 Å². The zero-order chi connectivity index (χ0) is 30.0. The van der Waals surface area contributed by atoms with E-state index in [2.05, 4.69) is 24.7 Å². The van der Waals surface area contributed by atoms with Gasteiger partial charge < -0.3 is 35.4 Å². The first-order chi connectivity index (χ1) is 19.1. The fourth-order valence-electron chi connectivity index (χ4n) is 4.58. The maximum absolute atomic E-state index is 15.4. The second kappa shape index (κ2) is 9.86. The average Bonchev–Trinajstić information content (AvgIpc) is 2.88. The van der Waals surface area contributed by atoms with Crippen LogP contribution in [0.2, 0.25) is 0 Å². The van der Waals surface area contributed by atoms with Crippen molar-refractivity contribution >= 4 is 33.7 Å². The van der Waals surface area contributed by atoms with Crippen LogP contribution in [0, 0.1) is 12.7 Å². The number of methoxy groups -OCH3 is 1. The number of aliphatic hydroxyl groups is 6. The zero-order valence-corrected chi connectivity index (χ0v) is 22.7. The first-order valence-electron chi connectivity index (χ1n) is 11.9. The molecule has 3 heterocycles. The highest BCUT2D eigenvalue weighted by molar-refractivity contribution is 7.19. The van der Waals surface area contributed by atoms with Crippen molar-refractivity contribution < 1.29 is 44.5 Å². The van der Waals surface area contributed by atoms with Crippen LogP contribution in [0.1, 0.15) is 17.0 Å².